The summed E-state index contributed by atoms with van der Waals surface area (Å²) in [5.41, 5.74) is 8.65. The van der Waals surface area contributed by atoms with Gasteiger partial charge in [0.2, 0.25) is 18.1 Å². The Morgan fingerprint density at radius 2 is 1.74 bits per heavy atom. The van der Waals surface area contributed by atoms with Crippen LogP contribution in [0, 0.1) is 5.92 Å². The van der Waals surface area contributed by atoms with Crippen molar-refractivity contribution in [3.8, 4) is 0 Å². The second-order valence-corrected chi connectivity index (χ2v) is 11.2. The minimum atomic E-state index is -0.737. The second kappa shape index (κ2) is 18.2. The number of benzene rings is 2. The van der Waals surface area contributed by atoms with Gasteiger partial charge in [0.1, 0.15) is 0 Å². The normalized spacial score (nSPS) is 17.6. The van der Waals surface area contributed by atoms with E-state index in [4.69, 9.17) is 29.8 Å². The molecule has 3 aromatic rings. The lowest BCUT2D eigenvalue weighted by Crippen LogP contribution is -2.39. The van der Waals surface area contributed by atoms with Crippen molar-refractivity contribution in [2.45, 2.75) is 51.7 Å². The molecule has 0 spiro atoms. The maximum absolute atomic E-state index is 13.4. The lowest BCUT2D eigenvalue weighted by atomic mass is 9.81. The molecule has 0 saturated heterocycles. The van der Waals surface area contributed by atoms with E-state index in [9.17, 15) is 14.4 Å². The quantitative estimate of drug-likeness (QED) is 0.117. The van der Waals surface area contributed by atoms with Gasteiger partial charge < -0.3 is 40.4 Å². The van der Waals surface area contributed by atoms with Crippen LogP contribution in [0.15, 0.2) is 66.6 Å². The van der Waals surface area contributed by atoms with Crippen molar-refractivity contribution in [3.05, 3.63) is 72.1 Å². The molecule has 3 unspecified atom stereocenters. The summed E-state index contributed by atoms with van der Waals surface area (Å²) in [5.74, 6) is -1.06. The van der Waals surface area contributed by atoms with Gasteiger partial charge in [-0.2, -0.15) is 0 Å². The Kier molecular flexibility index (Phi) is 13.8. The van der Waals surface area contributed by atoms with Gasteiger partial charge in [-0.25, -0.2) is 0 Å². The molecule has 0 fully saturated rings. The molecule has 2 amide bonds. The van der Waals surface area contributed by atoms with Crippen molar-refractivity contribution < 1.29 is 38.4 Å². The smallest absolute Gasteiger partial charge is 0.286 e. The summed E-state index contributed by atoms with van der Waals surface area (Å²) in [6, 6.07) is 14.8. The Morgan fingerprint density at radius 1 is 1.00 bits per heavy atom. The minimum absolute atomic E-state index is 0.0465. The number of fused-ring (bicyclic) bond motifs is 1. The molecule has 1 aliphatic heterocycles. The zero-order valence-corrected chi connectivity index (χ0v) is 27.1. The molecule has 3 atom stereocenters. The lowest BCUT2D eigenvalue weighted by Gasteiger charge is -2.36. The van der Waals surface area contributed by atoms with E-state index in [0.717, 1.165) is 16.5 Å². The largest absolute Gasteiger partial charge is 0.459 e. The van der Waals surface area contributed by atoms with E-state index in [0.29, 0.717) is 63.6 Å². The van der Waals surface area contributed by atoms with E-state index in [-0.39, 0.29) is 55.0 Å². The number of nitrogens with one attached hydrogen (secondary N) is 2. The van der Waals surface area contributed by atoms with Gasteiger partial charge in [-0.15, -0.1) is 0 Å². The number of nitrogens with two attached hydrogens (primary N) is 1. The van der Waals surface area contributed by atoms with Gasteiger partial charge >= 0.3 is 0 Å². The number of aromatic nitrogens is 1. The van der Waals surface area contributed by atoms with Gasteiger partial charge in [0, 0.05) is 56.5 Å². The standard InChI is InChI=1S/C35H46N4O8/c1-3-46-35-26(15-18-44-20-21-45-19-17-40)27(28-23-39(24(2)41)31-13-7-4-10-25(28)31)22-32(47-35)34(43)37-16-9-8-14-33(42)38-30-12-6-5-11-29(30)36/h4-7,10-13,22-23,26-27,35,40H,3,8-9,14-21,36H2,1-2H3,(H,37,43)(H,38,42). The molecule has 2 aromatic carbocycles. The first-order chi connectivity index (χ1) is 22.8. The molecule has 4 rings (SSSR count). The maximum Gasteiger partial charge on any atom is 0.286 e. The highest BCUT2D eigenvalue weighted by molar-refractivity contribution is 5.95. The van der Waals surface area contributed by atoms with Gasteiger partial charge in [0.15, 0.2) is 5.76 Å². The summed E-state index contributed by atoms with van der Waals surface area (Å²) in [4.78, 5) is 38.3. The van der Waals surface area contributed by atoms with E-state index < -0.39 is 6.29 Å². The zero-order chi connectivity index (χ0) is 33.6. The Hall–Kier alpha value is -4.23. The number of hydrogen-bond acceptors (Lipinski definition) is 9. The van der Waals surface area contributed by atoms with Crippen molar-refractivity contribution >= 4 is 40.0 Å². The SMILES string of the molecule is CCOC1OC(C(=O)NCCCCC(=O)Nc2ccccc2N)=CC(c2cn(C(C)=O)c3ccccc23)C1CCOCCOCCO. The molecule has 254 valence electrons. The van der Waals surface area contributed by atoms with Crippen LogP contribution in [-0.2, 0) is 28.5 Å². The van der Waals surface area contributed by atoms with Gasteiger partial charge in [-0.3, -0.25) is 19.0 Å². The Bertz CT molecular complexity index is 1520. The summed E-state index contributed by atoms with van der Waals surface area (Å²) in [5, 5.41) is 15.5. The van der Waals surface area contributed by atoms with Crippen LogP contribution in [0.1, 0.15) is 55.8 Å². The molecule has 0 aliphatic carbocycles. The Balaban J connectivity index is 1.46. The number of allylic oxidation sites excluding steroid dienone is 1. The fraction of sp³-hybridized carbons (Fsp3) is 0.457. The predicted octanol–water partition coefficient (Wildman–Crippen LogP) is 4.20. The highest BCUT2D eigenvalue weighted by atomic mass is 16.7. The topological polar surface area (TPSA) is 163 Å². The number of ether oxygens (including phenoxy) is 4. The summed E-state index contributed by atoms with van der Waals surface area (Å²) in [6.07, 6.45) is 4.90. The number of carbonyl (C=O) groups is 3. The molecule has 0 bridgehead atoms. The number of aliphatic hydroxyl groups is 1. The lowest BCUT2D eigenvalue weighted by molar-refractivity contribution is -0.168. The third-order valence-corrected chi connectivity index (χ3v) is 7.93. The second-order valence-electron chi connectivity index (χ2n) is 11.2. The van der Waals surface area contributed by atoms with Crippen LogP contribution >= 0.6 is 0 Å². The minimum Gasteiger partial charge on any atom is -0.459 e. The van der Waals surface area contributed by atoms with E-state index in [1.807, 2.05) is 43.5 Å². The third-order valence-electron chi connectivity index (χ3n) is 7.93. The van der Waals surface area contributed by atoms with Crippen LogP contribution in [0.5, 0.6) is 0 Å². The predicted molar refractivity (Wildman–Crippen MR) is 179 cm³/mol. The first kappa shape index (κ1) is 35.6. The average molecular weight is 651 g/mol. The Morgan fingerprint density at radius 3 is 2.49 bits per heavy atom. The molecule has 1 aliphatic rings. The number of anilines is 2. The van der Waals surface area contributed by atoms with Crippen molar-refractivity contribution in [2.24, 2.45) is 5.92 Å². The van der Waals surface area contributed by atoms with E-state index in [2.05, 4.69) is 10.6 Å². The number of nitrogens with zero attached hydrogens (tertiary/aromatic N) is 1. The highest BCUT2D eigenvalue weighted by Crippen LogP contribution is 2.42. The van der Waals surface area contributed by atoms with Crippen molar-refractivity contribution in [1.29, 1.82) is 0 Å². The van der Waals surface area contributed by atoms with Gasteiger partial charge in [0.25, 0.3) is 5.91 Å². The first-order valence-corrected chi connectivity index (χ1v) is 16.1. The number of carbonyl (C=O) groups excluding carboxylic acids is 3. The van der Waals surface area contributed by atoms with E-state index >= 15 is 0 Å². The van der Waals surface area contributed by atoms with Crippen molar-refractivity contribution in [3.63, 3.8) is 0 Å². The molecule has 2 heterocycles. The number of aliphatic hydroxyl groups excluding tert-OH is 1. The Labute approximate surface area is 275 Å². The van der Waals surface area contributed by atoms with Gasteiger partial charge in [0.05, 0.1) is 43.3 Å². The van der Waals surface area contributed by atoms with Gasteiger partial charge in [-0.05, 0) is 56.0 Å². The zero-order valence-electron chi connectivity index (χ0n) is 27.1. The fourth-order valence-electron chi connectivity index (χ4n) is 5.66. The summed E-state index contributed by atoms with van der Waals surface area (Å²) in [6.45, 7) is 5.43. The maximum atomic E-state index is 13.4. The molecule has 5 N–H and O–H groups in total. The summed E-state index contributed by atoms with van der Waals surface area (Å²) < 4.78 is 25.0. The van der Waals surface area contributed by atoms with E-state index in [1.54, 1.807) is 28.8 Å². The average Bonchev–Trinajstić information content (AvgIpc) is 3.45. The molecule has 12 nitrogen and oxygen atoms in total. The number of amides is 2. The van der Waals surface area contributed by atoms with Crippen LogP contribution in [0.4, 0.5) is 11.4 Å². The number of rotatable bonds is 18. The van der Waals surface area contributed by atoms with Crippen LogP contribution in [0.25, 0.3) is 10.9 Å². The fourth-order valence-corrected chi connectivity index (χ4v) is 5.66. The highest BCUT2D eigenvalue weighted by Gasteiger charge is 2.39. The molecule has 12 heteroatoms. The van der Waals surface area contributed by atoms with Crippen molar-refractivity contribution in [1.82, 2.24) is 9.88 Å². The monoisotopic (exact) mass is 650 g/mol. The van der Waals surface area contributed by atoms with Crippen LogP contribution in [-0.4, -0.2) is 79.9 Å². The number of unbranched alkanes of at least 4 members (excludes halogenated alkanes) is 1. The molecular formula is C35H46N4O8. The molecule has 1 aromatic heterocycles. The molecular weight excluding hydrogens is 604 g/mol. The summed E-state index contributed by atoms with van der Waals surface area (Å²) >= 11 is 0. The van der Waals surface area contributed by atoms with Crippen LogP contribution in [0.2, 0.25) is 0 Å². The third kappa shape index (κ3) is 9.88. The van der Waals surface area contributed by atoms with Crippen LogP contribution < -0.4 is 16.4 Å². The first-order valence-electron chi connectivity index (χ1n) is 16.1. The number of nitrogen functional groups attached to an aromatic ring is 1. The van der Waals surface area contributed by atoms with Crippen molar-refractivity contribution in [2.75, 3.05) is 57.2 Å². The molecule has 0 radical (unpaired) electrons. The van der Waals surface area contributed by atoms with Gasteiger partial charge in [-0.1, -0.05) is 30.3 Å². The molecule has 0 saturated carbocycles. The molecule has 47 heavy (non-hydrogen) atoms. The van der Waals surface area contributed by atoms with E-state index in [1.165, 1.54) is 6.92 Å². The van der Waals surface area contributed by atoms with Crippen LogP contribution in [0.3, 0.4) is 0 Å². The number of hydrogen-bond donors (Lipinski definition) is 4. The summed E-state index contributed by atoms with van der Waals surface area (Å²) in [7, 11) is 0. The number of para-hydroxylation sites is 3.